The first kappa shape index (κ1) is 19.9. The van der Waals surface area contributed by atoms with Crippen molar-refractivity contribution in [1.82, 2.24) is 15.2 Å². The number of carbonyl (C=O) groups is 1. The molecule has 1 saturated carbocycles. The van der Waals surface area contributed by atoms with E-state index in [2.05, 4.69) is 19.9 Å². The van der Waals surface area contributed by atoms with E-state index in [1.54, 1.807) is 0 Å². The number of carbonyl (C=O) groups excluding carboxylic acids is 1. The number of amides is 1. The predicted molar refractivity (Wildman–Crippen MR) is 94.7 cm³/mol. The summed E-state index contributed by atoms with van der Waals surface area (Å²) < 4.78 is 40.9. The molecule has 2 fully saturated rings. The Labute approximate surface area is 157 Å². The van der Waals surface area contributed by atoms with E-state index in [4.69, 9.17) is 0 Å². The number of ether oxygens (including phenoxy) is 1. The molecule has 0 spiro atoms. The van der Waals surface area contributed by atoms with Crippen LogP contribution in [0.4, 0.5) is 13.2 Å². The fraction of sp³-hybridized carbons (Fsp3) is 0.684. The van der Waals surface area contributed by atoms with Crippen LogP contribution >= 0.6 is 0 Å². The first-order valence-electron chi connectivity index (χ1n) is 9.58. The number of hydrogen-bond acceptors (Lipinski definition) is 4. The predicted octanol–water partition coefficient (Wildman–Crippen LogP) is 3.41. The summed E-state index contributed by atoms with van der Waals surface area (Å²) in [5.74, 6) is 0.434. The average Bonchev–Trinajstić information content (AvgIpc) is 3.14. The van der Waals surface area contributed by atoms with E-state index in [0.717, 1.165) is 31.8 Å². The molecule has 2 aliphatic rings. The highest BCUT2D eigenvalue weighted by Crippen LogP contribution is 2.26. The molecular weight excluding hydrogens is 359 g/mol. The second-order valence-corrected chi connectivity index (χ2v) is 7.49. The largest absolute Gasteiger partial charge is 0.468 e. The minimum Gasteiger partial charge on any atom is -0.468 e. The zero-order valence-corrected chi connectivity index (χ0v) is 15.3. The Bertz CT molecular complexity index is 608. The molecule has 1 aromatic heterocycles. The Morgan fingerprint density at radius 3 is 2.48 bits per heavy atom. The van der Waals surface area contributed by atoms with Gasteiger partial charge in [-0.15, -0.1) is 0 Å². The van der Waals surface area contributed by atoms with E-state index >= 15 is 0 Å². The lowest BCUT2D eigenvalue weighted by Crippen LogP contribution is -2.45. The van der Waals surface area contributed by atoms with Crippen LogP contribution < -0.4 is 10.1 Å². The summed E-state index contributed by atoms with van der Waals surface area (Å²) in [7, 11) is 0. The zero-order chi connectivity index (χ0) is 19.3. The van der Waals surface area contributed by atoms with Crippen molar-refractivity contribution in [1.29, 1.82) is 0 Å². The van der Waals surface area contributed by atoms with Crippen LogP contribution in [0.2, 0.25) is 0 Å². The Balaban J connectivity index is 1.41. The molecule has 1 amide bonds. The second-order valence-electron chi connectivity index (χ2n) is 7.49. The minimum atomic E-state index is -4.41. The molecule has 0 bridgehead atoms. The summed E-state index contributed by atoms with van der Waals surface area (Å²) in [6, 6.07) is 2.84. The van der Waals surface area contributed by atoms with Crippen molar-refractivity contribution in [3.05, 3.63) is 23.9 Å². The summed E-state index contributed by atoms with van der Waals surface area (Å²) in [5, 5.41) is 3.00. The van der Waals surface area contributed by atoms with Crippen molar-refractivity contribution in [2.45, 2.75) is 50.7 Å². The Morgan fingerprint density at radius 2 is 1.89 bits per heavy atom. The molecule has 0 aromatic carbocycles. The molecule has 1 N–H and O–H groups in total. The Kier molecular flexibility index (Phi) is 6.57. The van der Waals surface area contributed by atoms with Crippen LogP contribution in [-0.4, -0.2) is 54.3 Å². The van der Waals surface area contributed by atoms with Gasteiger partial charge in [0.1, 0.15) is 0 Å². The van der Waals surface area contributed by atoms with Gasteiger partial charge in [-0.05, 0) is 37.7 Å². The Morgan fingerprint density at radius 1 is 1.19 bits per heavy atom. The van der Waals surface area contributed by atoms with Gasteiger partial charge in [0.05, 0.1) is 5.56 Å². The molecule has 150 valence electrons. The van der Waals surface area contributed by atoms with Gasteiger partial charge in [-0.2, -0.15) is 13.2 Å². The van der Waals surface area contributed by atoms with Gasteiger partial charge >= 0.3 is 6.18 Å². The summed E-state index contributed by atoms with van der Waals surface area (Å²) >= 11 is 0. The van der Waals surface area contributed by atoms with Crippen LogP contribution in [0.3, 0.4) is 0 Å². The summed E-state index contributed by atoms with van der Waals surface area (Å²) in [6.45, 7) is 1.75. The monoisotopic (exact) mass is 385 g/mol. The molecule has 0 radical (unpaired) electrons. The van der Waals surface area contributed by atoms with Crippen LogP contribution in [0.25, 0.3) is 0 Å². The fourth-order valence-corrected chi connectivity index (χ4v) is 3.84. The normalized spacial score (nSPS) is 20.0. The molecule has 3 rings (SSSR count). The number of nitrogens with zero attached hydrogens (tertiary/aromatic N) is 2. The number of aromatic nitrogens is 1. The number of alkyl halides is 3. The fourth-order valence-electron chi connectivity index (χ4n) is 3.84. The van der Waals surface area contributed by atoms with Gasteiger partial charge < -0.3 is 15.0 Å². The lowest BCUT2D eigenvalue weighted by atomic mass is 10.0. The molecule has 5 nitrogen and oxygen atoms in total. The van der Waals surface area contributed by atoms with Crippen molar-refractivity contribution in [2.24, 2.45) is 5.92 Å². The van der Waals surface area contributed by atoms with E-state index in [0.29, 0.717) is 5.56 Å². The number of likely N-dealkylation sites (tertiary alicyclic amines) is 1. The third kappa shape index (κ3) is 6.37. The van der Waals surface area contributed by atoms with Crippen LogP contribution in [0, 0.1) is 5.92 Å². The molecule has 8 heteroatoms. The summed E-state index contributed by atoms with van der Waals surface area (Å²) in [6.07, 6.45) is 4.05. The number of hydrogen-bond donors (Lipinski definition) is 1. The average molecular weight is 385 g/mol. The van der Waals surface area contributed by atoms with Gasteiger partial charge in [0, 0.05) is 37.9 Å². The molecule has 0 unspecified atom stereocenters. The van der Waals surface area contributed by atoms with E-state index in [1.807, 2.05) is 0 Å². The van der Waals surface area contributed by atoms with E-state index < -0.39 is 12.8 Å². The SMILES string of the molecule is O=C(NC1CCN(CC2CCCC2)CC1)c1ccc(OCC(F)(F)F)nc1. The number of rotatable bonds is 6. The highest BCUT2D eigenvalue weighted by atomic mass is 19.4. The van der Waals surface area contributed by atoms with E-state index in [1.165, 1.54) is 50.6 Å². The second kappa shape index (κ2) is 8.91. The van der Waals surface area contributed by atoms with E-state index in [9.17, 15) is 18.0 Å². The Hall–Kier alpha value is -1.83. The standard InChI is InChI=1S/C19H26F3N3O2/c20-19(21,22)13-27-17-6-5-15(11-23-17)18(26)24-16-7-9-25(10-8-16)12-14-3-1-2-4-14/h5-6,11,14,16H,1-4,7-10,12-13H2,(H,24,26). The highest BCUT2D eigenvalue weighted by molar-refractivity contribution is 5.94. The smallest absolute Gasteiger partial charge is 0.422 e. The minimum absolute atomic E-state index is 0.124. The van der Waals surface area contributed by atoms with Gasteiger partial charge in [0.25, 0.3) is 5.91 Å². The van der Waals surface area contributed by atoms with Crippen LogP contribution in [-0.2, 0) is 0 Å². The van der Waals surface area contributed by atoms with Crippen LogP contribution in [0.1, 0.15) is 48.9 Å². The number of halogens is 3. The highest BCUT2D eigenvalue weighted by Gasteiger charge is 2.29. The molecule has 0 atom stereocenters. The van der Waals surface area contributed by atoms with Crippen molar-refractivity contribution in [3.8, 4) is 5.88 Å². The van der Waals surface area contributed by atoms with Crippen molar-refractivity contribution in [2.75, 3.05) is 26.2 Å². The van der Waals surface area contributed by atoms with Gasteiger partial charge in [-0.3, -0.25) is 4.79 Å². The van der Waals surface area contributed by atoms with Crippen molar-refractivity contribution < 1.29 is 22.7 Å². The quantitative estimate of drug-likeness (QED) is 0.816. The zero-order valence-electron chi connectivity index (χ0n) is 15.3. The molecule has 27 heavy (non-hydrogen) atoms. The maximum absolute atomic E-state index is 12.3. The van der Waals surface area contributed by atoms with Gasteiger partial charge in [-0.1, -0.05) is 12.8 Å². The maximum atomic E-state index is 12.3. The molecule has 1 aliphatic heterocycles. The third-order valence-corrected chi connectivity index (χ3v) is 5.30. The lowest BCUT2D eigenvalue weighted by Gasteiger charge is -2.33. The molecular formula is C19H26F3N3O2. The molecule has 1 saturated heterocycles. The van der Waals surface area contributed by atoms with Gasteiger partial charge in [0.2, 0.25) is 5.88 Å². The van der Waals surface area contributed by atoms with Crippen LogP contribution in [0.15, 0.2) is 18.3 Å². The lowest BCUT2D eigenvalue weighted by molar-refractivity contribution is -0.154. The van der Waals surface area contributed by atoms with Crippen LogP contribution in [0.5, 0.6) is 5.88 Å². The van der Waals surface area contributed by atoms with Crippen molar-refractivity contribution in [3.63, 3.8) is 0 Å². The van der Waals surface area contributed by atoms with E-state index in [-0.39, 0.29) is 17.8 Å². The van der Waals surface area contributed by atoms with Gasteiger partial charge in [-0.25, -0.2) is 4.98 Å². The molecule has 1 aromatic rings. The number of nitrogens with one attached hydrogen (secondary N) is 1. The number of piperidine rings is 1. The topological polar surface area (TPSA) is 54.5 Å². The molecule has 1 aliphatic carbocycles. The first-order valence-corrected chi connectivity index (χ1v) is 9.58. The number of pyridine rings is 1. The maximum Gasteiger partial charge on any atom is 0.422 e. The van der Waals surface area contributed by atoms with Gasteiger partial charge in [0.15, 0.2) is 6.61 Å². The van der Waals surface area contributed by atoms with Crippen molar-refractivity contribution >= 4 is 5.91 Å². The first-order chi connectivity index (χ1) is 12.9. The summed E-state index contributed by atoms with van der Waals surface area (Å²) in [5.41, 5.74) is 0.322. The summed E-state index contributed by atoms with van der Waals surface area (Å²) in [4.78, 5) is 18.6. The molecule has 2 heterocycles. The third-order valence-electron chi connectivity index (χ3n) is 5.30.